The predicted octanol–water partition coefficient (Wildman–Crippen LogP) is 25.5. The average molecular weight is 1510 g/mol. The van der Waals surface area contributed by atoms with Gasteiger partial charge in [-0.05, 0) is 37.5 Å². The summed E-state index contributed by atoms with van der Waals surface area (Å²) in [6.07, 6.45) is 66.7. The smallest absolute Gasteiger partial charge is 0.462 e. The third-order valence-electron chi connectivity index (χ3n) is 19.7. The van der Waals surface area contributed by atoms with Crippen molar-refractivity contribution in [3.05, 3.63) is 0 Å². The predicted molar refractivity (Wildman–Crippen MR) is 423 cm³/mol. The minimum Gasteiger partial charge on any atom is -0.462 e. The molecule has 0 fully saturated rings. The lowest BCUT2D eigenvalue weighted by Gasteiger charge is -2.21. The topological polar surface area (TPSA) is 237 Å². The Bertz CT molecular complexity index is 1980. The van der Waals surface area contributed by atoms with Gasteiger partial charge in [0.15, 0.2) is 12.2 Å². The molecule has 0 amide bonds. The number of carbonyl (C=O) groups is 4. The Labute approximate surface area is 632 Å². The molecule has 0 aliphatic carbocycles. The average Bonchev–Trinajstić information content (AvgIpc) is 0.910. The van der Waals surface area contributed by atoms with Crippen LogP contribution in [0.1, 0.15) is 446 Å². The van der Waals surface area contributed by atoms with E-state index in [9.17, 15) is 43.2 Å². The molecule has 3 N–H and O–H groups in total. The molecule has 2 unspecified atom stereocenters. The van der Waals surface area contributed by atoms with E-state index in [1.165, 1.54) is 263 Å². The Morgan fingerprint density at radius 2 is 0.447 bits per heavy atom. The van der Waals surface area contributed by atoms with E-state index >= 15 is 0 Å². The standard InChI is InChI=1S/C84H164O17P2/c1-7-9-11-13-15-17-19-21-22-23-24-25-26-27-28-29-34-38-44-50-56-62-68-83(88)100-79(72-95-82(87)67-61-55-49-43-37-33-31-30-32-35-40-46-52-58-64-76(3)4)74-98-102(90,91)96-70-78(85)71-97-103(92,93)99-75-80(101-84(89)69-63-57-51-45-39-41-47-53-59-65-77(5)6)73-94-81(86)66-60-54-48-42-36-20-18-16-14-12-10-8-2/h76-80,85H,7-75H2,1-6H3,(H,90,91)(H,92,93)/t78-,79-,80-/m1/s1. The largest absolute Gasteiger partial charge is 0.472 e. The van der Waals surface area contributed by atoms with Crippen LogP contribution in [0.2, 0.25) is 0 Å². The van der Waals surface area contributed by atoms with Crippen LogP contribution in [0.25, 0.3) is 0 Å². The molecule has 0 aliphatic rings. The second kappa shape index (κ2) is 75.5. The van der Waals surface area contributed by atoms with E-state index in [2.05, 4.69) is 41.5 Å². The molecule has 0 aromatic rings. The fraction of sp³-hybridized carbons (Fsp3) is 0.952. The molecule has 19 heteroatoms. The Morgan fingerprint density at radius 1 is 0.262 bits per heavy atom. The third-order valence-corrected chi connectivity index (χ3v) is 21.6. The number of hydrogen-bond acceptors (Lipinski definition) is 15. The molecular formula is C84H164O17P2. The van der Waals surface area contributed by atoms with Gasteiger partial charge in [0.25, 0.3) is 0 Å². The van der Waals surface area contributed by atoms with Crippen LogP contribution in [0.15, 0.2) is 0 Å². The van der Waals surface area contributed by atoms with E-state index in [0.717, 1.165) is 102 Å². The van der Waals surface area contributed by atoms with E-state index in [4.69, 9.17) is 37.0 Å². The maximum atomic E-state index is 13.1. The summed E-state index contributed by atoms with van der Waals surface area (Å²) in [4.78, 5) is 73.1. The number of ether oxygens (including phenoxy) is 4. The molecule has 0 aliphatic heterocycles. The highest BCUT2D eigenvalue weighted by atomic mass is 31.2. The van der Waals surface area contributed by atoms with E-state index < -0.39 is 97.5 Å². The summed E-state index contributed by atoms with van der Waals surface area (Å²) in [5.41, 5.74) is 0. The first-order chi connectivity index (χ1) is 49.9. The van der Waals surface area contributed by atoms with Crippen molar-refractivity contribution in [1.82, 2.24) is 0 Å². The molecule has 0 saturated carbocycles. The number of unbranched alkanes of at least 4 members (excludes halogenated alkanes) is 53. The van der Waals surface area contributed by atoms with Crippen LogP contribution in [0.4, 0.5) is 0 Å². The number of esters is 4. The van der Waals surface area contributed by atoms with Gasteiger partial charge in [-0.1, -0.05) is 395 Å². The molecule has 17 nitrogen and oxygen atoms in total. The SMILES string of the molecule is CCCCCCCCCCCCCCCCCCCCCCCCC(=O)O[C@H](COC(=O)CCCCCCCCCCCCCCCCC(C)C)COP(=O)(O)OC[C@@H](O)COP(=O)(O)OC[C@@H](COC(=O)CCCCCCCCCCCCCC)OC(=O)CCCCCCCCCCCC(C)C. The monoisotopic (exact) mass is 1510 g/mol. The molecule has 5 atom stereocenters. The summed E-state index contributed by atoms with van der Waals surface area (Å²) in [7, 11) is -9.92. The van der Waals surface area contributed by atoms with Gasteiger partial charge in [0.1, 0.15) is 19.3 Å². The van der Waals surface area contributed by atoms with Gasteiger partial charge in [0.2, 0.25) is 0 Å². The Morgan fingerprint density at radius 3 is 0.660 bits per heavy atom. The summed E-state index contributed by atoms with van der Waals surface area (Å²) < 4.78 is 68.8. The zero-order valence-electron chi connectivity index (χ0n) is 67.6. The summed E-state index contributed by atoms with van der Waals surface area (Å²) in [5, 5.41) is 10.7. The zero-order valence-corrected chi connectivity index (χ0v) is 69.4. The molecule has 0 radical (unpaired) electrons. The van der Waals surface area contributed by atoms with Crippen molar-refractivity contribution < 1.29 is 80.2 Å². The van der Waals surface area contributed by atoms with Crippen molar-refractivity contribution in [3.63, 3.8) is 0 Å². The normalized spacial score (nSPS) is 13.9. The fourth-order valence-electron chi connectivity index (χ4n) is 13.1. The molecule has 0 spiro atoms. The molecule has 0 heterocycles. The molecule has 612 valence electrons. The van der Waals surface area contributed by atoms with Crippen LogP contribution in [0.3, 0.4) is 0 Å². The van der Waals surface area contributed by atoms with E-state index in [1.54, 1.807) is 0 Å². The Kier molecular flexibility index (Phi) is 74.1. The van der Waals surface area contributed by atoms with Gasteiger partial charge in [0, 0.05) is 25.7 Å². The number of phosphoric acid groups is 2. The maximum absolute atomic E-state index is 13.1. The van der Waals surface area contributed by atoms with Crippen LogP contribution in [0.5, 0.6) is 0 Å². The highest BCUT2D eigenvalue weighted by molar-refractivity contribution is 7.47. The molecule has 103 heavy (non-hydrogen) atoms. The quantitative estimate of drug-likeness (QED) is 0.0222. The third kappa shape index (κ3) is 78.0. The van der Waals surface area contributed by atoms with Crippen LogP contribution < -0.4 is 0 Å². The van der Waals surface area contributed by atoms with Gasteiger partial charge in [-0.2, -0.15) is 0 Å². The summed E-state index contributed by atoms with van der Waals surface area (Å²) in [5.74, 6) is -0.570. The fourth-order valence-corrected chi connectivity index (χ4v) is 14.6. The number of hydrogen-bond donors (Lipinski definition) is 3. The molecule has 0 saturated heterocycles. The highest BCUT2D eigenvalue weighted by Crippen LogP contribution is 2.45. The zero-order chi connectivity index (χ0) is 75.6. The number of aliphatic hydroxyl groups excluding tert-OH is 1. The Balaban J connectivity index is 5.22. The van der Waals surface area contributed by atoms with Crippen LogP contribution in [0, 0.1) is 11.8 Å². The number of rotatable bonds is 83. The number of phosphoric ester groups is 2. The van der Waals surface area contributed by atoms with E-state index in [-0.39, 0.29) is 25.7 Å². The lowest BCUT2D eigenvalue weighted by Crippen LogP contribution is -2.30. The maximum Gasteiger partial charge on any atom is 0.472 e. The first kappa shape index (κ1) is 101. The van der Waals surface area contributed by atoms with Crippen molar-refractivity contribution in [2.24, 2.45) is 11.8 Å². The van der Waals surface area contributed by atoms with Gasteiger partial charge in [-0.25, -0.2) is 9.13 Å². The molecule has 0 bridgehead atoms. The molecule has 0 aromatic carbocycles. The van der Waals surface area contributed by atoms with Gasteiger partial charge in [-0.15, -0.1) is 0 Å². The molecule has 0 aromatic heterocycles. The van der Waals surface area contributed by atoms with Crippen LogP contribution >= 0.6 is 15.6 Å². The number of carbonyl (C=O) groups excluding carboxylic acids is 4. The van der Waals surface area contributed by atoms with Gasteiger partial charge in [0.05, 0.1) is 26.4 Å². The summed E-state index contributed by atoms with van der Waals surface area (Å²) in [6, 6.07) is 0. The van der Waals surface area contributed by atoms with Gasteiger partial charge in [-0.3, -0.25) is 37.3 Å². The van der Waals surface area contributed by atoms with Gasteiger partial charge < -0.3 is 33.8 Å². The van der Waals surface area contributed by atoms with Crippen LogP contribution in [-0.2, 0) is 65.4 Å². The van der Waals surface area contributed by atoms with Crippen molar-refractivity contribution >= 4 is 39.5 Å². The van der Waals surface area contributed by atoms with Crippen molar-refractivity contribution in [2.45, 2.75) is 464 Å². The molecule has 0 rings (SSSR count). The second-order valence-electron chi connectivity index (χ2n) is 31.2. The minimum atomic E-state index is -4.96. The molecular weight excluding hydrogens is 1340 g/mol. The van der Waals surface area contributed by atoms with Crippen molar-refractivity contribution in [2.75, 3.05) is 39.6 Å². The van der Waals surface area contributed by atoms with E-state index in [0.29, 0.717) is 25.7 Å². The lowest BCUT2D eigenvalue weighted by molar-refractivity contribution is -0.161. The minimum absolute atomic E-state index is 0.106. The van der Waals surface area contributed by atoms with E-state index in [1.807, 2.05) is 0 Å². The first-order valence-corrected chi connectivity index (χ1v) is 46.5. The number of aliphatic hydroxyl groups is 1. The van der Waals surface area contributed by atoms with Gasteiger partial charge >= 0.3 is 39.5 Å². The van der Waals surface area contributed by atoms with Crippen LogP contribution in [-0.4, -0.2) is 96.7 Å². The second-order valence-corrected chi connectivity index (χ2v) is 34.1. The lowest BCUT2D eigenvalue weighted by atomic mass is 10.0. The van der Waals surface area contributed by atoms with Crippen molar-refractivity contribution in [1.29, 1.82) is 0 Å². The highest BCUT2D eigenvalue weighted by Gasteiger charge is 2.30. The summed E-state index contributed by atoms with van der Waals surface area (Å²) >= 11 is 0. The van der Waals surface area contributed by atoms with Crippen molar-refractivity contribution in [3.8, 4) is 0 Å². The Hall–Kier alpha value is -1.94. The first-order valence-electron chi connectivity index (χ1n) is 43.5. The summed E-state index contributed by atoms with van der Waals surface area (Å²) in [6.45, 7) is 9.65.